The number of ether oxygens (including phenoxy) is 1. The Morgan fingerprint density at radius 2 is 1.82 bits per heavy atom. The third kappa shape index (κ3) is 7.37. The highest BCUT2D eigenvalue weighted by Gasteiger charge is 2.26. The molecular weight excluding hydrogens is 455 g/mol. The van der Waals surface area contributed by atoms with E-state index in [4.69, 9.17) is 21.2 Å². The van der Waals surface area contributed by atoms with Crippen LogP contribution in [0.2, 0.25) is 5.02 Å². The van der Waals surface area contributed by atoms with E-state index >= 15 is 0 Å². The van der Waals surface area contributed by atoms with Crippen LogP contribution >= 0.6 is 11.6 Å². The van der Waals surface area contributed by atoms with Gasteiger partial charge in [-0.1, -0.05) is 71.4 Å². The number of aliphatic hydroxyl groups is 1. The predicted molar refractivity (Wildman–Crippen MR) is 131 cm³/mol. The lowest BCUT2D eigenvalue weighted by Gasteiger charge is -2.27. The quantitative estimate of drug-likeness (QED) is 0.415. The maximum absolute atomic E-state index is 13.2. The smallest absolute Gasteiger partial charge is 0.145 e. The van der Waals surface area contributed by atoms with Crippen LogP contribution in [0.5, 0.6) is 0 Å². The fourth-order valence-corrected chi connectivity index (χ4v) is 4.17. The first-order valence-electron chi connectivity index (χ1n) is 11.3. The lowest BCUT2D eigenvalue weighted by Crippen LogP contribution is -2.39. The van der Waals surface area contributed by atoms with Gasteiger partial charge in [-0.2, -0.15) is 0 Å². The summed E-state index contributed by atoms with van der Waals surface area (Å²) in [6, 6.07) is 23.8. The Bertz CT molecular complexity index is 1080. The van der Waals surface area contributed by atoms with Crippen LogP contribution in [-0.2, 0) is 22.7 Å². The molecule has 1 N–H and O–H groups in total. The van der Waals surface area contributed by atoms with Crippen LogP contribution in [0.3, 0.4) is 0 Å². The number of oxime groups is 1. The summed E-state index contributed by atoms with van der Waals surface area (Å²) in [5.74, 6) is -0.281. The molecule has 0 saturated carbocycles. The van der Waals surface area contributed by atoms with Gasteiger partial charge in [-0.25, -0.2) is 4.39 Å². The summed E-state index contributed by atoms with van der Waals surface area (Å²) >= 11 is 6.17. The maximum Gasteiger partial charge on any atom is 0.145 e. The molecule has 3 aromatic carbocycles. The summed E-state index contributed by atoms with van der Waals surface area (Å²) in [7, 11) is 0. The molecule has 1 heterocycles. The Labute approximate surface area is 204 Å². The zero-order valence-corrected chi connectivity index (χ0v) is 19.6. The van der Waals surface area contributed by atoms with E-state index in [0.717, 1.165) is 22.4 Å². The number of aliphatic hydroxyl groups excluding tert-OH is 1. The van der Waals surface area contributed by atoms with Gasteiger partial charge < -0.3 is 14.7 Å². The summed E-state index contributed by atoms with van der Waals surface area (Å²) in [6.07, 6.45) is -0.225. The second kappa shape index (κ2) is 12.1. The fraction of sp³-hybridized carbons (Fsp3) is 0.296. The molecule has 0 aromatic heterocycles. The van der Waals surface area contributed by atoms with Crippen LogP contribution in [0.1, 0.15) is 23.1 Å². The van der Waals surface area contributed by atoms with Crippen LogP contribution in [0.4, 0.5) is 4.39 Å². The number of benzene rings is 3. The van der Waals surface area contributed by atoms with E-state index in [-0.39, 0.29) is 18.5 Å². The van der Waals surface area contributed by atoms with Gasteiger partial charge in [-0.15, -0.1) is 0 Å². The van der Waals surface area contributed by atoms with Crippen molar-refractivity contribution in [1.29, 1.82) is 0 Å². The van der Waals surface area contributed by atoms with E-state index in [0.29, 0.717) is 37.7 Å². The van der Waals surface area contributed by atoms with E-state index in [1.54, 1.807) is 12.1 Å². The molecule has 178 valence electrons. The molecule has 5 nitrogen and oxygen atoms in total. The average Bonchev–Trinajstić information content (AvgIpc) is 3.28. The zero-order chi connectivity index (χ0) is 23.8. The van der Waals surface area contributed by atoms with Crippen LogP contribution in [-0.4, -0.2) is 47.6 Å². The van der Waals surface area contributed by atoms with Crippen molar-refractivity contribution in [3.63, 3.8) is 0 Å². The Kier molecular flexibility index (Phi) is 8.66. The van der Waals surface area contributed by atoms with Crippen molar-refractivity contribution < 1.29 is 19.1 Å². The standard InChI is InChI=1S/C27H28ClFN2O3/c28-23-8-4-7-21(13-23)15-31(16-25(32)19-33-18-20-5-2-1-3-6-20)17-26-14-27(30-34-26)22-9-11-24(29)12-10-22/h1-13,25-26,32H,14-19H2/t25-,26-/m1/s1. The minimum atomic E-state index is -0.665. The molecule has 0 spiro atoms. The lowest BCUT2D eigenvalue weighted by atomic mass is 10.0. The van der Waals surface area contributed by atoms with Gasteiger partial charge in [0.1, 0.15) is 11.9 Å². The van der Waals surface area contributed by atoms with Gasteiger partial charge in [0.05, 0.1) is 25.0 Å². The van der Waals surface area contributed by atoms with E-state index in [1.165, 1.54) is 12.1 Å². The molecule has 1 aliphatic heterocycles. The Morgan fingerprint density at radius 1 is 1.06 bits per heavy atom. The second-order valence-electron chi connectivity index (χ2n) is 8.45. The van der Waals surface area contributed by atoms with Crippen molar-refractivity contribution in [2.75, 3.05) is 19.7 Å². The van der Waals surface area contributed by atoms with E-state index in [9.17, 15) is 9.50 Å². The first-order valence-corrected chi connectivity index (χ1v) is 11.7. The van der Waals surface area contributed by atoms with Crippen LogP contribution < -0.4 is 0 Å². The number of hydrogen-bond donors (Lipinski definition) is 1. The Balaban J connectivity index is 1.34. The first-order chi connectivity index (χ1) is 16.5. The molecule has 1 aliphatic rings. The molecule has 0 saturated heterocycles. The third-order valence-corrected chi connectivity index (χ3v) is 5.79. The number of rotatable bonds is 11. The Hall–Kier alpha value is -2.77. The summed E-state index contributed by atoms with van der Waals surface area (Å²) in [4.78, 5) is 7.80. The largest absolute Gasteiger partial charge is 0.390 e. The van der Waals surface area contributed by atoms with Gasteiger partial charge in [-0.3, -0.25) is 4.90 Å². The third-order valence-electron chi connectivity index (χ3n) is 5.56. The van der Waals surface area contributed by atoms with Crippen molar-refractivity contribution in [3.05, 3.63) is 106 Å². The molecule has 3 aromatic rings. The maximum atomic E-state index is 13.2. The molecule has 34 heavy (non-hydrogen) atoms. The SMILES string of the molecule is O[C@@H](COCc1ccccc1)CN(Cc1cccc(Cl)c1)C[C@H]1CC(c2ccc(F)cc2)=NO1. The number of halogens is 2. The van der Waals surface area contributed by atoms with Crippen molar-refractivity contribution in [2.45, 2.75) is 31.8 Å². The first kappa shape index (κ1) is 24.4. The molecule has 4 rings (SSSR count). The van der Waals surface area contributed by atoms with Gasteiger partial charge in [0.15, 0.2) is 0 Å². The molecule has 0 radical (unpaired) electrons. The highest BCUT2D eigenvalue weighted by molar-refractivity contribution is 6.30. The molecule has 0 unspecified atom stereocenters. The molecule has 7 heteroatoms. The van der Waals surface area contributed by atoms with Gasteiger partial charge >= 0.3 is 0 Å². The molecule has 0 bridgehead atoms. The monoisotopic (exact) mass is 482 g/mol. The molecule has 2 atom stereocenters. The van der Waals surface area contributed by atoms with E-state index < -0.39 is 6.10 Å². The van der Waals surface area contributed by atoms with Crippen LogP contribution in [0.25, 0.3) is 0 Å². The van der Waals surface area contributed by atoms with Crippen molar-refractivity contribution in [2.24, 2.45) is 5.16 Å². The van der Waals surface area contributed by atoms with Crippen LogP contribution in [0, 0.1) is 5.82 Å². The summed E-state index contributed by atoms with van der Waals surface area (Å²) in [5.41, 5.74) is 3.75. The van der Waals surface area contributed by atoms with Crippen LogP contribution in [0.15, 0.2) is 84.0 Å². The number of hydrogen-bond acceptors (Lipinski definition) is 5. The summed E-state index contributed by atoms with van der Waals surface area (Å²) in [5, 5.41) is 15.5. The van der Waals surface area contributed by atoms with Crippen molar-refractivity contribution >= 4 is 17.3 Å². The fourth-order valence-electron chi connectivity index (χ4n) is 3.96. The van der Waals surface area contributed by atoms with Crippen molar-refractivity contribution in [3.8, 4) is 0 Å². The van der Waals surface area contributed by atoms with Gasteiger partial charge in [0.2, 0.25) is 0 Å². The number of nitrogens with zero attached hydrogens (tertiary/aromatic N) is 2. The van der Waals surface area contributed by atoms with Crippen molar-refractivity contribution in [1.82, 2.24) is 4.90 Å². The van der Waals surface area contributed by atoms with E-state index in [2.05, 4.69) is 10.1 Å². The lowest BCUT2D eigenvalue weighted by molar-refractivity contribution is -0.00648. The van der Waals surface area contributed by atoms with Gasteiger partial charge in [0.25, 0.3) is 0 Å². The normalized spacial score (nSPS) is 16.4. The minimum Gasteiger partial charge on any atom is -0.390 e. The highest BCUT2D eigenvalue weighted by Crippen LogP contribution is 2.20. The topological polar surface area (TPSA) is 54.3 Å². The molecule has 0 amide bonds. The van der Waals surface area contributed by atoms with E-state index in [1.807, 2.05) is 54.6 Å². The zero-order valence-electron chi connectivity index (χ0n) is 18.8. The molecule has 0 fully saturated rings. The second-order valence-corrected chi connectivity index (χ2v) is 8.89. The molecule has 0 aliphatic carbocycles. The Morgan fingerprint density at radius 3 is 2.59 bits per heavy atom. The summed E-state index contributed by atoms with van der Waals surface area (Å²) < 4.78 is 19.0. The average molecular weight is 483 g/mol. The van der Waals surface area contributed by atoms with Gasteiger partial charge in [0, 0.05) is 31.1 Å². The summed E-state index contributed by atoms with van der Waals surface area (Å²) in [6.45, 7) is 2.25. The highest BCUT2D eigenvalue weighted by atomic mass is 35.5. The minimum absolute atomic E-state index is 0.170. The molecular formula is C27H28ClFN2O3. The van der Waals surface area contributed by atoms with Gasteiger partial charge in [-0.05, 0) is 41.0 Å². The predicted octanol–water partition coefficient (Wildman–Crippen LogP) is 5.05.